The van der Waals surface area contributed by atoms with E-state index in [2.05, 4.69) is 72.8 Å². The molecule has 0 saturated heterocycles. The van der Waals surface area contributed by atoms with Crippen LogP contribution in [0.4, 0.5) is 0 Å². The second-order valence-electron chi connectivity index (χ2n) is 21.0. The SMILES string of the molecule is C=CCOCC(CC)(COCCC[Si](C)(C)O[Si](C)(C)CCCOCC(CC)(COCCC[Si](C)(C)O[SiH](C)C)COCCOCCOCCOCCOCCO)COCCOCCOCCOCCOCCO. The first-order chi connectivity index (χ1) is 35.5. The molecule has 74 heavy (non-hydrogen) atoms. The highest BCUT2D eigenvalue weighted by atomic mass is 28.4. The molecule has 444 valence electrons. The van der Waals surface area contributed by atoms with Crippen molar-refractivity contribution in [2.24, 2.45) is 10.8 Å². The molecule has 0 aromatic heterocycles. The van der Waals surface area contributed by atoms with Gasteiger partial charge >= 0.3 is 0 Å². The van der Waals surface area contributed by atoms with Crippen LogP contribution >= 0.6 is 0 Å². The lowest BCUT2D eigenvalue weighted by Crippen LogP contribution is -2.44. The fourth-order valence-corrected chi connectivity index (χ4v) is 23.3. The van der Waals surface area contributed by atoms with Crippen molar-refractivity contribution in [1.82, 2.24) is 0 Å². The summed E-state index contributed by atoms with van der Waals surface area (Å²) < 4.78 is 94.7. The molecule has 18 nitrogen and oxygen atoms in total. The van der Waals surface area contributed by atoms with Gasteiger partial charge in [-0.2, -0.15) is 0 Å². The molecule has 0 fully saturated rings. The van der Waals surface area contributed by atoms with Crippen molar-refractivity contribution in [2.45, 2.75) is 116 Å². The second-order valence-corrected chi connectivity index (χ2v) is 36.9. The van der Waals surface area contributed by atoms with E-state index in [4.69, 9.17) is 84.8 Å². The molecule has 0 bridgehead atoms. The summed E-state index contributed by atoms with van der Waals surface area (Å²) in [6.07, 6.45) is 6.39. The predicted molar refractivity (Wildman–Crippen MR) is 303 cm³/mol. The van der Waals surface area contributed by atoms with Gasteiger partial charge < -0.3 is 84.8 Å². The maximum absolute atomic E-state index is 8.75. The summed E-state index contributed by atoms with van der Waals surface area (Å²) in [6, 6.07) is 3.15. The summed E-state index contributed by atoms with van der Waals surface area (Å²) >= 11 is 0. The molecule has 0 heterocycles. The molecule has 0 saturated carbocycles. The smallest absolute Gasteiger partial charge is 0.173 e. The van der Waals surface area contributed by atoms with Crippen molar-refractivity contribution < 1.29 is 84.8 Å². The van der Waals surface area contributed by atoms with Gasteiger partial charge in [-0.1, -0.05) is 19.9 Å². The highest BCUT2D eigenvalue weighted by molar-refractivity contribution is 6.84. The third-order valence-electron chi connectivity index (χ3n) is 11.9. The third kappa shape index (κ3) is 45.7. The molecule has 0 spiro atoms. The minimum atomic E-state index is -1.95. The van der Waals surface area contributed by atoms with Crippen molar-refractivity contribution in [3.05, 3.63) is 12.7 Å². The average molecular weight is 1140 g/mol. The van der Waals surface area contributed by atoms with Crippen LogP contribution in [0.2, 0.25) is 70.5 Å². The van der Waals surface area contributed by atoms with E-state index in [0.29, 0.717) is 185 Å². The minimum absolute atomic E-state index is 0.0152. The van der Waals surface area contributed by atoms with Crippen molar-refractivity contribution in [3.63, 3.8) is 0 Å². The van der Waals surface area contributed by atoms with E-state index < -0.39 is 34.0 Å². The Labute approximate surface area is 455 Å². The maximum Gasteiger partial charge on any atom is 0.173 e. The Kier molecular flexibility index (Phi) is 48.7. The van der Waals surface area contributed by atoms with E-state index in [1.807, 2.05) is 0 Å². The summed E-state index contributed by atoms with van der Waals surface area (Å²) in [4.78, 5) is 0. The van der Waals surface area contributed by atoms with Gasteiger partial charge in [0.2, 0.25) is 0 Å². The zero-order valence-corrected chi connectivity index (χ0v) is 52.8. The van der Waals surface area contributed by atoms with Crippen LogP contribution in [0.25, 0.3) is 0 Å². The van der Waals surface area contributed by atoms with E-state index in [1.54, 1.807) is 6.08 Å². The van der Waals surface area contributed by atoms with Crippen LogP contribution in [-0.2, 0) is 74.5 Å². The Balaban J connectivity index is 4.83. The van der Waals surface area contributed by atoms with Gasteiger partial charge in [0.15, 0.2) is 34.0 Å². The highest BCUT2D eigenvalue weighted by Gasteiger charge is 2.34. The molecule has 0 aliphatic heterocycles. The lowest BCUT2D eigenvalue weighted by atomic mass is 9.88. The van der Waals surface area contributed by atoms with Crippen molar-refractivity contribution in [2.75, 3.05) is 198 Å². The highest BCUT2D eigenvalue weighted by Crippen LogP contribution is 2.28. The van der Waals surface area contributed by atoms with E-state index in [0.717, 1.165) is 50.2 Å². The first-order valence-corrected chi connectivity index (χ1v) is 40.0. The number of aliphatic hydroxyl groups excluding tert-OH is 2. The van der Waals surface area contributed by atoms with Gasteiger partial charge in [-0.15, -0.1) is 6.58 Å². The normalized spacial score (nSPS) is 14.3. The molecule has 2 unspecified atom stereocenters. The second kappa shape index (κ2) is 48.8. The van der Waals surface area contributed by atoms with Gasteiger partial charge in [0.25, 0.3) is 0 Å². The van der Waals surface area contributed by atoms with E-state index in [1.165, 1.54) is 0 Å². The standard InChI is InChI=1S/C52H112O18Si4/c1-12-20-63-45-51(13-2,49-67-40-38-61-36-34-59-32-30-57-28-26-55-24-18-53)46-65-22-16-43-73(8,9)70-74(10,11)44-17-23-66-48-52(14-3,47-64-21-15-42-72(6,7)69-71(4)5)50-68-41-39-62-37-35-60-33-31-58-29-27-56-25-19-54/h12,53-54,71H,1,13-50H2,2-11H3. The first kappa shape index (κ1) is 73.9. The number of ether oxygens (including phenoxy) is 14. The monoisotopic (exact) mass is 1140 g/mol. The maximum atomic E-state index is 8.75. The van der Waals surface area contributed by atoms with E-state index >= 15 is 0 Å². The van der Waals surface area contributed by atoms with E-state index in [9.17, 15) is 0 Å². The molecule has 0 amide bonds. The molecule has 0 rings (SSSR count). The summed E-state index contributed by atoms with van der Waals surface area (Å²) in [6.45, 7) is 40.8. The van der Waals surface area contributed by atoms with Crippen LogP contribution in [0.15, 0.2) is 12.7 Å². The topological polar surface area (TPSA) is 188 Å². The fourth-order valence-electron chi connectivity index (χ4n) is 7.90. The Hall–Kier alpha value is -0.112. The quantitative estimate of drug-likeness (QED) is 0.0360. The average Bonchev–Trinajstić information content (AvgIpc) is 3.34. The van der Waals surface area contributed by atoms with E-state index in [-0.39, 0.29) is 24.0 Å². The largest absolute Gasteiger partial charge is 0.458 e. The molecule has 2 atom stereocenters. The molecule has 0 radical (unpaired) electrons. The Morgan fingerprint density at radius 1 is 0.378 bits per heavy atom. The molecule has 0 aromatic carbocycles. The first-order valence-electron chi connectivity index (χ1n) is 27.8. The summed E-state index contributed by atoms with van der Waals surface area (Å²) in [5.41, 5.74) is -0.526. The van der Waals surface area contributed by atoms with Crippen LogP contribution in [-0.4, -0.2) is 242 Å². The van der Waals surface area contributed by atoms with Crippen molar-refractivity contribution in [1.29, 1.82) is 0 Å². The third-order valence-corrected chi connectivity index (χ3v) is 25.5. The molecule has 22 heteroatoms. The number of hydrogen-bond donors (Lipinski definition) is 2. The Bertz CT molecular complexity index is 1230. The number of aliphatic hydroxyl groups is 2. The lowest BCUT2D eigenvalue weighted by Gasteiger charge is -2.35. The number of hydrogen-bond acceptors (Lipinski definition) is 18. The summed E-state index contributed by atoms with van der Waals surface area (Å²) in [5.74, 6) is 0. The summed E-state index contributed by atoms with van der Waals surface area (Å²) in [5, 5.41) is 17.5. The molecule has 0 aliphatic carbocycles. The Morgan fingerprint density at radius 2 is 0.635 bits per heavy atom. The van der Waals surface area contributed by atoms with Crippen LogP contribution in [0.3, 0.4) is 0 Å². The molecule has 2 N–H and O–H groups in total. The van der Waals surface area contributed by atoms with Gasteiger partial charge in [0.1, 0.15) is 0 Å². The van der Waals surface area contributed by atoms with Gasteiger partial charge in [-0.05, 0) is 103 Å². The summed E-state index contributed by atoms with van der Waals surface area (Å²) in [7, 11) is -6.61. The van der Waals surface area contributed by atoms with Crippen molar-refractivity contribution >= 4 is 34.0 Å². The Morgan fingerprint density at radius 3 is 0.905 bits per heavy atom. The zero-order chi connectivity index (χ0) is 55.0. The van der Waals surface area contributed by atoms with Gasteiger partial charge in [-0.25, -0.2) is 0 Å². The number of rotatable bonds is 60. The fraction of sp³-hybridized carbons (Fsp3) is 0.962. The molecular weight excluding hydrogens is 1020 g/mol. The molecule has 0 aromatic rings. The molecular formula is C52H112O18Si4. The van der Waals surface area contributed by atoms with Crippen LogP contribution in [0, 0.1) is 10.8 Å². The van der Waals surface area contributed by atoms with Crippen LogP contribution in [0.5, 0.6) is 0 Å². The zero-order valence-electron chi connectivity index (χ0n) is 48.7. The minimum Gasteiger partial charge on any atom is -0.458 e. The van der Waals surface area contributed by atoms with Crippen molar-refractivity contribution in [3.8, 4) is 0 Å². The van der Waals surface area contributed by atoms with Gasteiger partial charge in [0, 0.05) is 30.7 Å². The van der Waals surface area contributed by atoms with Gasteiger partial charge in [0.05, 0.1) is 178 Å². The predicted octanol–water partition coefficient (Wildman–Crippen LogP) is 6.98. The lowest BCUT2D eigenvalue weighted by molar-refractivity contribution is -0.0800. The van der Waals surface area contributed by atoms with Gasteiger partial charge in [-0.3, -0.25) is 0 Å². The van der Waals surface area contributed by atoms with Crippen LogP contribution < -0.4 is 0 Å². The molecule has 0 aliphatic rings. The van der Waals surface area contributed by atoms with Crippen LogP contribution in [0.1, 0.15) is 46.0 Å².